The van der Waals surface area contributed by atoms with E-state index in [1.54, 1.807) is 0 Å². The molecule has 9 heteroatoms. The Kier molecular flexibility index (Phi) is 40.2. The summed E-state index contributed by atoms with van der Waals surface area (Å²) in [5, 5.41) is 0. The molecule has 0 radical (unpaired) electrons. The Hall–Kier alpha value is -2.51. The maximum absolute atomic E-state index is 12.4. The van der Waals surface area contributed by atoms with E-state index in [0.29, 0.717) is 12.8 Å². The average molecular weight is 805 g/mol. The second-order valence-corrected chi connectivity index (χ2v) is 15.9. The number of phosphoric acid groups is 1. The van der Waals surface area contributed by atoms with Crippen molar-refractivity contribution < 1.29 is 37.9 Å². The third kappa shape index (κ3) is 44.2. The first-order valence-corrected chi connectivity index (χ1v) is 23.8. The molecule has 0 aromatic rings. The summed E-state index contributed by atoms with van der Waals surface area (Å²) in [6, 6.07) is 0. The zero-order chi connectivity index (χ0) is 41.1. The largest absolute Gasteiger partial charge is 0.469 e. The molecule has 0 spiro atoms. The number of phosphoric ester groups is 1. The monoisotopic (exact) mass is 805 g/mol. The van der Waals surface area contributed by atoms with Crippen LogP contribution in [0.3, 0.4) is 0 Å². The van der Waals surface area contributed by atoms with Gasteiger partial charge in [0.05, 0.1) is 6.61 Å². The Morgan fingerprint density at radius 2 is 0.839 bits per heavy atom. The van der Waals surface area contributed by atoms with Gasteiger partial charge in [0.25, 0.3) is 0 Å². The number of carbonyl (C=O) groups excluding carboxylic acids is 2. The maximum atomic E-state index is 12.4. The van der Waals surface area contributed by atoms with Gasteiger partial charge in [-0.1, -0.05) is 177 Å². The summed E-state index contributed by atoms with van der Waals surface area (Å²) >= 11 is 0. The minimum atomic E-state index is -4.78. The second-order valence-electron chi connectivity index (χ2n) is 14.7. The molecule has 0 unspecified atom stereocenters. The topological polar surface area (TPSA) is 119 Å². The second kappa shape index (κ2) is 42.1. The fraction of sp³-hybridized carbons (Fsp3) is 0.702. The number of ether oxygens (including phenoxy) is 2. The lowest BCUT2D eigenvalue weighted by molar-refractivity contribution is -0.161. The number of carbonyl (C=O) groups is 2. The van der Waals surface area contributed by atoms with Crippen LogP contribution in [0.5, 0.6) is 0 Å². The van der Waals surface area contributed by atoms with Crippen molar-refractivity contribution in [3.05, 3.63) is 72.9 Å². The molecule has 8 nitrogen and oxygen atoms in total. The number of hydrogen-bond donors (Lipinski definition) is 2. The third-order valence-corrected chi connectivity index (χ3v) is 9.70. The van der Waals surface area contributed by atoms with E-state index in [1.807, 2.05) is 12.2 Å². The lowest BCUT2D eigenvalue weighted by atomic mass is 10.1. The highest BCUT2D eigenvalue weighted by Crippen LogP contribution is 2.36. The van der Waals surface area contributed by atoms with E-state index in [0.717, 1.165) is 44.9 Å². The Morgan fingerprint density at radius 1 is 0.464 bits per heavy atom. The summed E-state index contributed by atoms with van der Waals surface area (Å²) in [6.07, 6.45) is 54.9. The standard InChI is InChI=1S/C47H81O8P/c1-3-5-7-9-11-13-15-17-19-21-23-25-27-29-31-33-35-37-39-41-46(48)53-43-45(44-54-56(50,51)52)55-47(49)42-40-38-36-34-32-30-28-26-24-22-20-18-16-14-12-10-8-6-4-2/h11,13,17-20,23,25,29,31,35,37,45H,3-10,12,14-16,21-22,24,26-28,30,32-34,36,38-44H2,1-2H3,(H2,50,51,52)/b13-11-,19-17-,20-18-,25-23-,31-29-,37-35-/t45-/m1/s1. The number of esters is 2. The summed E-state index contributed by atoms with van der Waals surface area (Å²) in [5.41, 5.74) is 0. The van der Waals surface area contributed by atoms with Gasteiger partial charge in [-0.25, -0.2) is 4.57 Å². The van der Waals surface area contributed by atoms with E-state index in [1.165, 1.54) is 109 Å². The van der Waals surface area contributed by atoms with Crippen LogP contribution in [-0.2, 0) is 28.2 Å². The SMILES string of the molecule is CCCCC/C=C\C/C=C\C/C=C\C/C=C\C/C=C\CCC(=O)OC[C@H](COP(=O)(O)O)OC(=O)CCCCCCCCCCC/C=C\CCCCCCCC. The lowest BCUT2D eigenvalue weighted by Gasteiger charge is -2.18. The van der Waals surface area contributed by atoms with Crippen molar-refractivity contribution in [3.8, 4) is 0 Å². The summed E-state index contributed by atoms with van der Waals surface area (Å²) in [7, 11) is -4.78. The molecule has 0 saturated carbocycles. The highest BCUT2D eigenvalue weighted by Gasteiger charge is 2.22. The first-order valence-electron chi connectivity index (χ1n) is 22.2. The van der Waals surface area contributed by atoms with Crippen molar-refractivity contribution in [2.75, 3.05) is 13.2 Å². The molecule has 0 rings (SSSR count). The average Bonchev–Trinajstić information content (AvgIpc) is 3.17. The molecule has 0 aromatic heterocycles. The molecule has 1 atom stereocenters. The smallest absolute Gasteiger partial charge is 0.462 e. The van der Waals surface area contributed by atoms with Crippen LogP contribution in [0.2, 0.25) is 0 Å². The Bertz CT molecular complexity index is 1130. The van der Waals surface area contributed by atoms with Gasteiger partial charge in [-0.15, -0.1) is 0 Å². The van der Waals surface area contributed by atoms with Gasteiger partial charge in [0, 0.05) is 12.8 Å². The first-order chi connectivity index (χ1) is 27.3. The highest BCUT2D eigenvalue weighted by molar-refractivity contribution is 7.46. The van der Waals surface area contributed by atoms with Crippen molar-refractivity contribution in [1.82, 2.24) is 0 Å². The molecule has 0 heterocycles. The van der Waals surface area contributed by atoms with Gasteiger partial charge >= 0.3 is 19.8 Å². The van der Waals surface area contributed by atoms with Crippen molar-refractivity contribution in [2.45, 2.75) is 200 Å². The Labute approximate surface area is 342 Å². The first kappa shape index (κ1) is 53.5. The van der Waals surface area contributed by atoms with E-state index < -0.39 is 32.5 Å². The van der Waals surface area contributed by atoms with E-state index in [-0.39, 0.29) is 19.4 Å². The van der Waals surface area contributed by atoms with Crippen LogP contribution in [0, 0.1) is 0 Å². The number of allylic oxidation sites excluding steroid dienone is 12. The van der Waals surface area contributed by atoms with Crippen LogP contribution < -0.4 is 0 Å². The summed E-state index contributed by atoms with van der Waals surface area (Å²) in [6.45, 7) is 3.59. The van der Waals surface area contributed by atoms with Gasteiger partial charge < -0.3 is 19.3 Å². The predicted octanol–water partition coefficient (Wildman–Crippen LogP) is 13.9. The fourth-order valence-corrected chi connectivity index (χ4v) is 6.24. The molecule has 0 fully saturated rings. The Balaban J connectivity index is 4.02. The minimum Gasteiger partial charge on any atom is -0.462 e. The van der Waals surface area contributed by atoms with Crippen LogP contribution in [0.1, 0.15) is 194 Å². The van der Waals surface area contributed by atoms with Gasteiger partial charge in [-0.2, -0.15) is 0 Å². The van der Waals surface area contributed by atoms with Gasteiger partial charge in [-0.3, -0.25) is 14.1 Å². The molecule has 56 heavy (non-hydrogen) atoms. The lowest BCUT2D eigenvalue weighted by Crippen LogP contribution is -2.29. The zero-order valence-corrected chi connectivity index (χ0v) is 36.4. The Morgan fingerprint density at radius 3 is 1.32 bits per heavy atom. The fourth-order valence-electron chi connectivity index (χ4n) is 5.88. The molecular formula is C47H81O8P. The van der Waals surface area contributed by atoms with E-state index in [9.17, 15) is 14.2 Å². The molecule has 0 aliphatic carbocycles. The van der Waals surface area contributed by atoms with Crippen LogP contribution in [-0.4, -0.2) is 41.0 Å². The third-order valence-electron chi connectivity index (χ3n) is 9.21. The van der Waals surface area contributed by atoms with Crippen molar-refractivity contribution >= 4 is 19.8 Å². The molecule has 0 aromatic carbocycles. The van der Waals surface area contributed by atoms with Crippen molar-refractivity contribution in [1.29, 1.82) is 0 Å². The molecule has 0 saturated heterocycles. The molecular weight excluding hydrogens is 723 g/mol. The van der Waals surface area contributed by atoms with E-state index in [2.05, 4.69) is 79.1 Å². The molecule has 322 valence electrons. The minimum absolute atomic E-state index is 0.141. The van der Waals surface area contributed by atoms with Gasteiger partial charge in [-0.05, 0) is 77.0 Å². The normalized spacial score (nSPS) is 13.1. The van der Waals surface area contributed by atoms with Crippen LogP contribution in [0.4, 0.5) is 0 Å². The quantitative estimate of drug-likeness (QED) is 0.0272. The van der Waals surface area contributed by atoms with Crippen LogP contribution in [0.15, 0.2) is 72.9 Å². The number of hydrogen-bond acceptors (Lipinski definition) is 6. The maximum Gasteiger partial charge on any atom is 0.469 e. The van der Waals surface area contributed by atoms with E-state index >= 15 is 0 Å². The van der Waals surface area contributed by atoms with Crippen LogP contribution in [0.25, 0.3) is 0 Å². The zero-order valence-electron chi connectivity index (χ0n) is 35.5. The molecule has 0 aliphatic heterocycles. The van der Waals surface area contributed by atoms with Gasteiger partial charge in [0.1, 0.15) is 6.61 Å². The molecule has 0 amide bonds. The van der Waals surface area contributed by atoms with E-state index in [4.69, 9.17) is 19.3 Å². The molecule has 0 bridgehead atoms. The van der Waals surface area contributed by atoms with Gasteiger partial charge in [0.15, 0.2) is 6.10 Å². The van der Waals surface area contributed by atoms with Gasteiger partial charge in [0.2, 0.25) is 0 Å². The van der Waals surface area contributed by atoms with Crippen molar-refractivity contribution in [2.24, 2.45) is 0 Å². The summed E-state index contributed by atoms with van der Waals surface area (Å²) in [4.78, 5) is 42.9. The molecule has 0 aliphatic rings. The highest BCUT2D eigenvalue weighted by atomic mass is 31.2. The summed E-state index contributed by atoms with van der Waals surface area (Å²) in [5.74, 6) is -0.985. The number of rotatable bonds is 40. The predicted molar refractivity (Wildman–Crippen MR) is 234 cm³/mol. The van der Waals surface area contributed by atoms with Crippen LogP contribution >= 0.6 is 7.82 Å². The van der Waals surface area contributed by atoms with Crippen molar-refractivity contribution in [3.63, 3.8) is 0 Å². The summed E-state index contributed by atoms with van der Waals surface area (Å²) < 4.78 is 26.4. The molecule has 2 N–H and O–H groups in total. The number of unbranched alkanes of at least 4 members (excludes halogenated alkanes) is 18.